The molecule has 2 fully saturated rings. The number of aliphatic hydroxyl groups excluding tert-OH is 1. The highest BCUT2D eigenvalue weighted by molar-refractivity contribution is 6.50. The zero-order chi connectivity index (χ0) is 24.7. The normalized spacial score (nSPS) is 25.1. The standard InChI is InChI=1S/C27H28N2O6/c1-3-28-21-10-6-5-9-20(21)27(26(28)33)22(23(30)17-11-13-18(14-12-17)34-4-2)24(31)25(32)29(27)16-19-8-7-15-35-19/h5-6,9-14,19,30H,3-4,7-8,15-16H2,1-2H3/t19-,27+/m0/s1. The Hall–Kier alpha value is -3.65. The molecule has 1 spiro atoms. The number of Topliss-reactive ketones (excluding diaryl/α,β-unsaturated/α-hetero) is 1. The number of aliphatic hydroxyl groups is 1. The highest BCUT2D eigenvalue weighted by Crippen LogP contribution is 2.53. The molecule has 0 aliphatic carbocycles. The number of ketones is 1. The van der Waals surface area contributed by atoms with E-state index in [9.17, 15) is 19.5 Å². The Morgan fingerprint density at radius 3 is 2.51 bits per heavy atom. The Morgan fingerprint density at radius 1 is 1.11 bits per heavy atom. The minimum Gasteiger partial charge on any atom is -0.507 e. The number of ether oxygens (including phenoxy) is 2. The molecule has 2 saturated heterocycles. The van der Waals surface area contributed by atoms with Gasteiger partial charge in [0.1, 0.15) is 11.5 Å². The molecule has 2 aromatic carbocycles. The summed E-state index contributed by atoms with van der Waals surface area (Å²) in [6, 6.07) is 13.7. The molecule has 8 heteroatoms. The first kappa shape index (κ1) is 23.1. The van der Waals surface area contributed by atoms with Crippen LogP contribution in [0.4, 0.5) is 5.69 Å². The van der Waals surface area contributed by atoms with E-state index in [4.69, 9.17) is 9.47 Å². The van der Waals surface area contributed by atoms with Gasteiger partial charge in [0.2, 0.25) is 0 Å². The van der Waals surface area contributed by atoms with Crippen LogP contribution < -0.4 is 9.64 Å². The van der Waals surface area contributed by atoms with Crippen LogP contribution in [0.5, 0.6) is 5.75 Å². The van der Waals surface area contributed by atoms with E-state index < -0.39 is 23.1 Å². The number of likely N-dealkylation sites (tertiary alicyclic amines) is 1. The van der Waals surface area contributed by atoms with Crippen molar-refractivity contribution >= 4 is 29.0 Å². The summed E-state index contributed by atoms with van der Waals surface area (Å²) in [6.07, 6.45) is 1.29. The van der Waals surface area contributed by atoms with Gasteiger partial charge in [-0.15, -0.1) is 0 Å². The predicted octanol–water partition coefficient (Wildman–Crippen LogP) is 3.21. The van der Waals surface area contributed by atoms with Crippen molar-refractivity contribution in [2.45, 2.75) is 38.3 Å². The summed E-state index contributed by atoms with van der Waals surface area (Å²) in [4.78, 5) is 44.1. The van der Waals surface area contributed by atoms with Gasteiger partial charge >= 0.3 is 0 Å². The molecule has 0 saturated carbocycles. The van der Waals surface area contributed by atoms with Crippen molar-refractivity contribution in [3.05, 3.63) is 65.2 Å². The fourth-order valence-electron chi connectivity index (χ4n) is 5.44. The summed E-state index contributed by atoms with van der Waals surface area (Å²) in [5, 5.41) is 11.5. The molecule has 3 aliphatic heterocycles. The van der Waals surface area contributed by atoms with Gasteiger partial charge in [-0.3, -0.25) is 14.4 Å². The number of carbonyl (C=O) groups is 3. The van der Waals surface area contributed by atoms with E-state index in [1.807, 2.05) is 19.9 Å². The van der Waals surface area contributed by atoms with E-state index in [0.29, 0.717) is 42.3 Å². The highest BCUT2D eigenvalue weighted by atomic mass is 16.5. The summed E-state index contributed by atoms with van der Waals surface area (Å²) in [6.45, 7) is 5.20. The number of carbonyl (C=O) groups excluding carboxylic acids is 3. The van der Waals surface area contributed by atoms with Crippen molar-refractivity contribution in [1.29, 1.82) is 0 Å². The van der Waals surface area contributed by atoms with Gasteiger partial charge in [0, 0.05) is 30.8 Å². The maximum absolute atomic E-state index is 14.2. The van der Waals surface area contributed by atoms with Crippen molar-refractivity contribution in [1.82, 2.24) is 4.90 Å². The molecule has 0 bridgehead atoms. The highest BCUT2D eigenvalue weighted by Gasteiger charge is 2.67. The fraction of sp³-hybridized carbons (Fsp3) is 0.370. The van der Waals surface area contributed by atoms with Gasteiger partial charge in [0.15, 0.2) is 5.54 Å². The SMILES string of the molecule is CCOc1ccc(C(O)=C2C(=O)C(=O)N(C[C@@H]3CCCO3)[C@@]23C(=O)N(CC)c2ccccc23)cc1. The first-order valence-electron chi connectivity index (χ1n) is 12.0. The van der Waals surface area contributed by atoms with Crippen LogP contribution in [0, 0.1) is 0 Å². The maximum atomic E-state index is 14.2. The van der Waals surface area contributed by atoms with Crippen LogP contribution in [0.1, 0.15) is 37.8 Å². The average Bonchev–Trinajstić information content (AvgIpc) is 3.53. The molecule has 2 aromatic rings. The fourth-order valence-corrected chi connectivity index (χ4v) is 5.44. The number of anilines is 1. The second-order valence-electron chi connectivity index (χ2n) is 8.84. The van der Waals surface area contributed by atoms with Crippen molar-refractivity contribution in [3.8, 4) is 5.75 Å². The smallest absolute Gasteiger partial charge is 0.296 e. The molecular weight excluding hydrogens is 448 g/mol. The molecular formula is C27H28N2O6. The molecule has 3 aliphatic rings. The maximum Gasteiger partial charge on any atom is 0.296 e. The van der Waals surface area contributed by atoms with Crippen LogP contribution in [0.3, 0.4) is 0 Å². The monoisotopic (exact) mass is 476 g/mol. The predicted molar refractivity (Wildman–Crippen MR) is 129 cm³/mol. The van der Waals surface area contributed by atoms with E-state index in [1.165, 1.54) is 4.90 Å². The van der Waals surface area contributed by atoms with Crippen LogP contribution in [-0.4, -0.2) is 60.0 Å². The molecule has 1 N–H and O–H groups in total. The van der Waals surface area contributed by atoms with E-state index in [-0.39, 0.29) is 24.0 Å². The van der Waals surface area contributed by atoms with E-state index in [1.54, 1.807) is 47.4 Å². The molecule has 2 amide bonds. The van der Waals surface area contributed by atoms with Gasteiger partial charge in [0.25, 0.3) is 17.6 Å². The lowest BCUT2D eigenvalue weighted by Gasteiger charge is -2.35. The number of nitrogens with zero attached hydrogens (tertiary/aromatic N) is 2. The number of fused-ring (bicyclic) bond motifs is 2. The zero-order valence-corrected chi connectivity index (χ0v) is 19.8. The third kappa shape index (κ3) is 3.35. The molecule has 182 valence electrons. The van der Waals surface area contributed by atoms with Crippen LogP contribution in [-0.2, 0) is 24.7 Å². The minimum atomic E-state index is -1.75. The Labute approximate surface area is 203 Å². The second-order valence-corrected chi connectivity index (χ2v) is 8.84. The first-order chi connectivity index (χ1) is 16.9. The van der Waals surface area contributed by atoms with Crippen molar-refractivity contribution in [3.63, 3.8) is 0 Å². The lowest BCUT2D eigenvalue weighted by molar-refractivity contribution is -0.145. The zero-order valence-electron chi connectivity index (χ0n) is 19.8. The Kier molecular flexibility index (Phi) is 5.84. The molecule has 0 radical (unpaired) electrons. The van der Waals surface area contributed by atoms with Gasteiger partial charge in [-0.25, -0.2) is 0 Å². The quantitative estimate of drug-likeness (QED) is 0.391. The van der Waals surface area contributed by atoms with Gasteiger partial charge in [0.05, 0.1) is 24.0 Å². The van der Waals surface area contributed by atoms with Crippen LogP contribution >= 0.6 is 0 Å². The summed E-state index contributed by atoms with van der Waals surface area (Å²) in [7, 11) is 0. The van der Waals surface area contributed by atoms with Gasteiger partial charge in [-0.2, -0.15) is 0 Å². The van der Waals surface area contributed by atoms with E-state index in [0.717, 1.165) is 12.8 Å². The largest absolute Gasteiger partial charge is 0.507 e. The lowest BCUT2D eigenvalue weighted by atomic mass is 9.81. The third-order valence-corrected chi connectivity index (χ3v) is 6.97. The molecule has 35 heavy (non-hydrogen) atoms. The molecule has 0 aromatic heterocycles. The number of hydrogen-bond acceptors (Lipinski definition) is 6. The molecule has 8 nitrogen and oxygen atoms in total. The van der Waals surface area contributed by atoms with Crippen LogP contribution in [0.15, 0.2) is 54.1 Å². The van der Waals surface area contributed by atoms with Gasteiger partial charge < -0.3 is 24.4 Å². The van der Waals surface area contributed by atoms with E-state index >= 15 is 0 Å². The Bertz CT molecular complexity index is 1210. The second kappa shape index (κ2) is 8.85. The van der Waals surface area contributed by atoms with Crippen molar-refractivity contribution in [2.24, 2.45) is 0 Å². The Morgan fingerprint density at radius 2 is 1.86 bits per heavy atom. The number of para-hydroxylation sites is 1. The lowest BCUT2D eigenvalue weighted by Crippen LogP contribution is -2.53. The van der Waals surface area contributed by atoms with Crippen LogP contribution in [0.2, 0.25) is 0 Å². The van der Waals surface area contributed by atoms with Crippen molar-refractivity contribution in [2.75, 3.05) is 31.2 Å². The minimum absolute atomic E-state index is 0.0856. The molecule has 2 atom stereocenters. The van der Waals surface area contributed by atoms with Gasteiger partial charge in [-0.05, 0) is 57.0 Å². The number of hydrogen-bond donors (Lipinski definition) is 1. The van der Waals surface area contributed by atoms with E-state index in [2.05, 4.69) is 0 Å². The molecule has 3 heterocycles. The molecule has 0 unspecified atom stereocenters. The summed E-state index contributed by atoms with van der Waals surface area (Å²) in [5.74, 6) is -1.89. The Balaban J connectivity index is 1.74. The third-order valence-electron chi connectivity index (χ3n) is 6.97. The number of benzene rings is 2. The summed E-state index contributed by atoms with van der Waals surface area (Å²) in [5.41, 5.74) is -0.510. The number of likely N-dealkylation sites (N-methyl/N-ethyl adjacent to an activating group) is 1. The number of amides is 2. The average molecular weight is 477 g/mol. The van der Waals surface area contributed by atoms with Crippen LogP contribution in [0.25, 0.3) is 5.76 Å². The summed E-state index contributed by atoms with van der Waals surface area (Å²) >= 11 is 0. The van der Waals surface area contributed by atoms with Crippen molar-refractivity contribution < 1.29 is 29.0 Å². The summed E-state index contributed by atoms with van der Waals surface area (Å²) < 4.78 is 11.3. The molecule has 5 rings (SSSR count). The number of rotatable bonds is 6. The first-order valence-corrected chi connectivity index (χ1v) is 12.0. The van der Waals surface area contributed by atoms with Gasteiger partial charge in [-0.1, -0.05) is 18.2 Å². The topological polar surface area (TPSA) is 96.4 Å².